The van der Waals surface area contributed by atoms with Crippen molar-refractivity contribution in [3.63, 3.8) is 0 Å². The lowest BCUT2D eigenvalue weighted by Gasteiger charge is -2.09. The number of phosphoric acid groups is 1. The minimum absolute atomic E-state index is 0.415. The molecule has 0 bridgehead atoms. The Labute approximate surface area is 61.6 Å². The zero-order chi connectivity index (χ0) is 7.49. The first kappa shape index (κ1) is 9.59. The van der Waals surface area contributed by atoms with Crippen LogP contribution in [0.3, 0.4) is 0 Å². The molecule has 6 heteroatoms. The maximum absolute atomic E-state index is 10.1. The van der Waals surface area contributed by atoms with Gasteiger partial charge < -0.3 is 9.79 Å². The van der Waals surface area contributed by atoms with Gasteiger partial charge in [-0.2, -0.15) is 0 Å². The Morgan fingerprint density at radius 1 is 1.78 bits per heavy atom. The third-order valence-electron chi connectivity index (χ3n) is 0.535. The van der Waals surface area contributed by atoms with Gasteiger partial charge >= 0.3 is 7.82 Å². The molecule has 1 unspecified atom stereocenters. The topological polar surface area (TPSA) is 66.8 Å². The van der Waals surface area contributed by atoms with Crippen LogP contribution in [0, 0.1) is 0 Å². The molecule has 1 atom stereocenters. The highest BCUT2D eigenvalue weighted by Crippen LogP contribution is 2.37. The van der Waals surface area contributed by atoms with Crippen molar-refractivity contribution >= 4 is 23.8 Å². The lowest BCUT2D eigenvalue weighted by Crippen LogP contribution is -2.06. The number of rotatable bonds is 3. The Kier molecular flexibility index (Phi) is 3.93. The Bertz CT molecular complexity index is 121. The highest BCUT2D eigenvalue weighted by atomic mass is 79.9. The molecule has 0 aromatic heterocycles. The number of halogens is 1. The molecule has 0 radical (unpaired) electrons. The van der Waals surface area contributed by atoms with Crippen LogP contribution in [0.1, 0.15) is 6.92 Å². The first-order valence-corrected chi connectivity index (χ1v) is 4.91. The van der Waals surface area contributed by atoms with Crippen molar-refractivity contribution in [2.75, 3.05) is 5.33 Å². The molecule has 0 aliphatic heterocycles. The Morgan fingerprint density at radius 2 is 2.22 bits per heavy atom. The number of hydrogen-bond acceptors (Lipinski definition) is 2. The van der Waals surface area contributed by atoms with E-state index in [4.69, 9.17) is 9.79 Å². The molecular weight excluding hydrogens is 211 g/mol. The van der Waals surface area contributed by atoms with Crippen LogP contribution in [0.4, 0.5) is 0 Å². The van der Waals surface area contributed by atoms with Crippen LogP contribution in [-0.2, 0) is 9.09 Å². The van der Waals surface area contributed by atoms with E-state index in [1.54, 1.807) is 6.92 Å². The van der Waals surface area contributed by atoms with Gasteiger partial charge in [0.2, 0.25) is 0 Å². The maximum atomic E-state index is 10.1. The number of phosphoric ester groups is 1. The molecule has 0 saturated carbocycles. The summed E-state index contributed by atoms with van der Waals surface area (Å²) >= 11 is 3.00. The zero-order valence-corrected chi connectivity index (χ0v) is 7.30. The van der Waals surface area contributed by atoms with Gasteiger partial charge in [-0.3, -0.25) is 4.52 Å². The first-order valence-electron chi connectivity index (χ1n) is 2.25. The monoisotopic (exact) mass is 218 g/mol. The van der Waals surface area contributed by atoms with Gasteiger partial charge in [0.1, 0.15) is 0 Å². The predicted molar refractivity (Wildman–Crippen MR) is 36.4 cm³/mol. The largest absolute Gasteiger partial charge is 0.469 e. The van der Waals surface area contributed by atoms with E-state index in [0.717, 1.165) is 0 Å². The second kappa shape index (κ2) is 3.68. The molecule has 0 saturated heterocycles. The van der Waals surface area contributed by atoms with Crippen LogP contribution in [-0.4, -0.2) is 21.2 Å². The molecule has 0 aliphatic carbocycles. The molecule has 0 aliphatic rings. The summed E-state index contributed by atoms with van der Waals surface area (Å²) in [5, 5.41) is 0.415. The zero-order valence-electron chi connectivity index (χ0n) is 4.82. The molecule has 0 heterocycles. The minimum atomic E-state index is -4.27. The third-order valence-corrected chi connectivity index (χ3v) is 2.08. The van der Waals surface area contributed by atoms with Crippen molar-refractivity contribution in [3.8, 4) is 0 Å². The third kappa shape index (κ3) is 6.48. The molecule has 2 N–H and O–H groups in total. The van der Waals surface area contributed by atoms with Crippen molar-refractivity contribution < 1.29 is 18.9 Å². The molecule has 4 nitrogen and oxygen atoms in total. The Hall–Kier alpha value is 0.590. The summed E-state index contributed by atoms with van der Waals surface area (Å²) in [4.78, 5) is 16.4. The van der Waals surface area contributed by atoms with Crippen molar-refractivity contribution in [1.82, 2.24) is 0 Å². The van der Waals surface area contributed by atoms with Crippen LogP contribution >= 0.6 is 23.8 Å². The van der Waals surface area contributed by atoms with E-state index in [1.165, 1.54) is 0 Å². The summed E-state index contributed by atoms with van der Waals surface area (Å²) in [6.45, 7) is 1.56. The molecule has 0 aromatic rings. The highest BCUT2D eigenvalue weighted by Gasteiger charge is 2.17. The molecule has 56 valence electrons. The van der Waals surface area contributed by atoms with E-state index in [9.17, 15) is 4.57 Å². The molecule has 9 heavy (non-hydrogen) atoms. The molecular formula is C3H8BrO4P. The Morgan fingerprint density at radius 3 is 2.33 bits per heavy atom. The van der Waals surface area contributed by atoms with Crippen LogP contribution < -0.4 is 0 Å². The van der Waals surface area contributed by atoms with Gasteiger partial charge in [0.15, 0.2) is 0 Å². The van der Waals surface area contributed by atoms with Crippen molar-refractivity contribution in [3.05, 3.63) is 0 Å². The van der Waals surface area contributed by atoms with Crippen LogP contribution in [0.5, 0.6) is 0 Å². The minimum Gasteiger partial charge on any atom is -0.303 e. The molecule has 0 fully saturated rings. The summed E-state index contributed by atoms with van der Waals surface area (Å²) in [7, 11) is -4.27. The quantitative estimate of drug-likeness (QED) is 0.546. The molecule has 0 amide bonds. The molecule has 0 spiro atoms. The maximum Gasteiger partial charge on any atom is 0.469 e. The highest BCUT2D eigenvalue weighted by molar-refractivity contribution is 9.09. The fourth-order valence-electron chi connectivity index (χ4n) is 0.263. The van der Waals surface area contributed by atoms with Gasteiger partial charge in [-0.1, -0.05) is 15.9 Å². The van der Waals surface area contributed by atoms with E-state index < -0.39 is 13.9 Å². The normalized spacial score (nSPS) is 15.6. The van der Waals surface area contributed by atoms with Crippen molar-refractivity contribution in [2.24, 2.45) is 0 Å². The SMILES string of the molecule is CC(CBr)OP(=O)(O)O. The summed E-state index contributed by atoms with van der Waals surface area (Å²) in [6.07, 6.45) is -0.453. The van der Waals surface area contributed by atoms with Crippen molar-refractivity contribution in [2.45, 2.75) is 13.0 Å². The molecule has 0 aromatic carbocycles. The van der Waals surface area contributed by atoms with Crippen LogP contribution in [0.2, 0.25) is 0 Å². The first-order chi connectivity index (χ1) is 3.95. The number of alkyl halides is 1. The predicted octanol–water partition coefficient (Wildman–Crippen LogP) is 0.879. The van der Waals surface area contributed by atoms with E-state index in [2.05, 4.69) is 20.5 Å². The average molecular weight is 219 g/mol. The Balaban J connectivity index is 3.60. The van der Waals surface area contributed by atoms with Gasteiger partial charge in [0.05, 0.1) is 6.10 Å². The van der Waals surface area contributed by atoms with E-state index in [1.807, 2.05) is 0 Å². The number of hydrogen-bond donors (Lipinski definition) is 2. The summed E-state index contributed by atoms with van der Waals surface area (Å²) in [5.41, 5.74) is 0. The lowest BCUT2D eigenvalue weighted by molar-refractivity contribution is 0.159. The van der Waals surface area contributed by atoms with E-state index >= 15 is 0 Å². The standard InChI is InChI=1S/C3H8BrO4P/c1-3(2-4)8-9(5,6)7/h3H,2H2,1H3,(H2,5,6,7). The van der Waals surface area contributed by atoms with Gasteiger partial charge in [-0.05, 0) is 6.92 Å². The smallest absolute Gasteiger partial charge is 0.303 e. The van der Waals surface area contributed by atoms with E-state index in [-0.39, 0.29) is 0 Å². The van der Waals surface area contributed by atoms with E-state index in [0.29, 0.717) is 5.33 Å². The van der Waals surface area contributed by atoms with Crippen LogP contribution in [0.15, 0.2) is 0 Å². The fraction of sp³-hybridized carbons (Fsp3) is 1.00. The summed E-state index contributed by atoms with van der Waals surface area (Å²) in [5.74, 6) is 0. The second-order valence-electron chi connectivity index (χ2n) is 1.56. The van der Waals surface area contributed by atoms with Gasteiger partial charge in [0.25, 0.3) is 0 Å². The average Bonchev–Trinajstić information content (AvgIpc) is 1.62. The summed E-state index contributed by atoms with van der Waals surface area (Å²) < 4.78 is 14.3. The summed E-state index contributed by atoms with van der Waals surface area (Å²) in [6, 6.07) is 0. The molecule has 0 rings (SSSR count). The van der Waals surface area contributed by atoms with Gasteiger partial charge in [-0.15, -0.1) is 0 Å². The van der Waals surface area contributed by atoms with Gasteiger partial charge in [-0.25, -0.2) is 4.57 Å². The fourth-order valence-corrected chi connectivity index (χ4v) is 1.14. The van der Waals surface area contributed by atoms with Crippen LogP contribution in [0.25, 0.3) is 0 Å². The second-order valence-corrected chi connectivity index (χ2v) is 3.40. The van der Waals surface area contributed by atoms with Crippen molar-refractivity contribution in [1.29, 1.82) is 0 Å². The van der Waals surface area contributed by atoms with Gasteiger partial charge in [0, 0.05) is 5.33 Å². The lowest BCUT2D eigenvalue weighted by atomic mass is 10.5.